The number of fused-ring (bicyclic) bond motifs is 1. The molecule has 0 aromatic heterocycles. The van der Waals surface area contributed by atoms with Crippen LogP contribution in [-0.4, -0.2) is 25.4 Å². The van der Waals surface area contributed by atoms with Crippen LogP contribution in [0.3, 0.4) is 0 Å². The van der Waals surface area contributed by atoms with Crippen LogP contribution in [0.4, 0.5) is 0 Å². The van der Waals surface area contributed by atoms with Crippen molar-refractivity contribution in [3.63, 3.8) is 0 Å². The largest absolute Gasteiger partial charge is 0.497 e. The van der Waals surface area contributed by atoms with E-state index < -0.39 is 6.10 Å². The lowest BCUT2D eigenvalue weighted by atomic mass is 10.1. The van der Waals surface area contributed by atoms with Crippen LogP contribution in [0.1, 0.15) is 17.2 Å². The number of hydrogen-bond donors (Lipinski definition) is 2. The number of aliphatic hydroxyl groups excluding tert-OH is 1. The zero-order chi connectivity index (χ0) is 11.0. The second kappa shape index (κ2) is 3.72. The minimum absolute atomic E-state index is 0.249. The van der Waals surface area contributed by atoms with Gasteiger partial charge in [-0.15, -0.1) is 0 Å². The second-order valence-electron chi connectivity index (χ2n) is 3.72. The van der Waals surface area contributed by atoms with Crippen molar-refractivity contribution in [1.29, 1.82) is 0 Å². The highest BCUT2D eigenvalue weighted by Crippen LogP contribution is 2.40. The van der Waals surface area contributed by atoms with Gasteiger partial charge in [0.1, 0.15) is 11.5 Å². The van der Waals surface area contributed by atoms with Crippen LogP contribution in [0.2, 0.25) is 0 Å². The third-order valence-corrected chi connectivity index (χ3v) is 2.81. The summed E-state index contributed by atoms with van der Waals surface area (Å²) in [5.41, 5.74) is 7.60. The zero-order valence-corrected chi connectivity index (χ0v) is 8.86. The second-order valence-corrected chi connectivity index (χ2v) is 3.72. The molecule has 2 atom stereocenters. The van der Waals surface area contributed by atoms with Gasteiger partial charge in [-0.05, 0) is 18.1 Å². The Morgan fingerprint density at radius 1 is 1.33 bits per heavy atom. The minimum atomic E-state index is -0.638. The van der Waals surface area contributed by atoms with Crippen LogP contribution in [0.25, 0.3) is 0 Å². The van der Waals surface area contributed by atoms with Crippen molar-refractivity contribution in [2.75, 3.05) is 14.2 Å². The van der Waals surface area contributed by atoms with E-state index in [2.05, 4.69) is 0 Å². The van der Waals surface area contributed by atoms with Gasteiger partial charge in [0.15, 0.2) is 0 Å². The van der Waals surface area contributed by atoms with E-state index in [0.29, 0.717) is 12.2 Å². The molecule has 0 spiro atoms. The average molecular weight is 209 g/mol. The summed E-state index contributed by atoms with van der Waals surface area (Å²) in [4.78, 5) is 0. The van der Waals surface area contributed by atoms with Crippen LogP contribution < -0.4 is 15.2 Å². The molecule has 0 saturated heterocycles. The maximum Gasteiger partial charge on any atom is 0.128 e. The summed E-state index contributed by atoms with van der Waals surface area (Å²) in [5, 5.41) is 9.88. The number of aliphatic hydroxyl groups is 1. The van der Waals surface area contributed by atoms with Gasteiger partial charge < -0.3 is 20.3 Å². The standard InChI is InChI=1S/C11H15NO3/c1-14-7-3-6-4-8(12)11(13)10(6)9(5-7)15-2/h3,5,8,11,13H,4,12H2,1-2H3. The summed E-state index contributed by atoms with van der Waals surface area (Å²) in [7, 11) is 3.18. The number of hydrogen-bond acceptors (Lipinski definition) is 4. The predicted molar refractivity (Wildman–Crippen MR) is 56.2 cm³/mol. The molecule has 1 aliphatic carbocycles. The molecule has 0 heterocycles. The molecule has 4 heteroatoms. The van der Waals surface area contributed by atoms with Crippen molar-refractivity contribution in [1.82, 2.24) is 0 Å². The molecule has 1 aromatic carbocycles. The molecule has 0 saturated carbocycles. The number of methoxy groups -OCH3 is 2. The lowest BCUT2D eigenvalue weighted by Crippen LogP contribution is -2.24. The smallest absolute Gasteiger partial charge is 0.128 e. The van der Waals surface area contributed by atoms with Gasteiger partial charge in [-0.1, -0.05) is 0 Å². The van der Waals surface area contributed by atoms with Crippen LogP contribution in [-0.2, 0) is 6.42 Å². The lowest BCUT2D eigenvalue weighted by Gasteiger charge is -2.13. The summed E-state index contributed by atoms with van der Waals surface area (Å²) in [6, 6.07) is 3.41. The topological polar surface area (TPSA) is 64.7 Å². The van der Waals surface area contributed by atoms with Crippen molar-refractivity contribution >= 4 is 0 Å². The number of ether oxygens (including phenoxy) is 2. The molecule has 0 fully saturated rings. The van der Waals surface area contributed by atoms with Crippen LogP contribution in [0.15, 0.2) is 12.1 Å². The van der Waals surface area contributed by atoms with E-state index in [-0.39, 0.29) is 6.04 Å². The highest BCUT2D eigenvalue weighted by atomic mass is 16.5. The Hall–Kier alpha value is -1.26. The fourth-order valence-corrected chi connectivity index (χ4v) is 2.03. The third kappa shape index (κ3) is 1.56. The van der Waals surface area contributed by atoms with E-state index in [1.165, 1.54) is 0 Å². The fourth-order valence-electron chi connectivity index (χ4n) is 2.03. The van der Waals surface area contributed by atoms with E-state index in [4.69, 9.17) is 15.2 Å². The van der Waals surface area contributed by atoms with Crippen LogP contribution in [0, 0.1) is 0 Å². The van der Waals surface area contributed by atoms with Crippen molar-refractivity contribution in [2.45, 2.75) is 18.6 Å². The Labute approximate surface area is 88.6 Å². The highest BCUT2D eigenvalue weighted by molar-refractivity contribution is 5.51. The molecule has 2 rings (SSSR count). The molecule has 0 amide bonds. The molecule has 82 valence electrons. The molecular formula is C11H15NO3. The number of benzene rings is 1. The Kier molecular flexibility index (Phi) is 2.54. The maximum absolute atomic E-state index is 9.88. The van der Waals surface area contributed by atoms with E-state index in [1.807, 2.05) is 6.07 Å². The third-order valence-electron chi connectivity index (χ3n) is 2.81. The summed E-state index contributed by atoms with van der Waals surface area (Å²) < 4.78 is 10.4. The van der Waals surface area contributed by atoms with Crippen molar-refractivity contribution in [2.24, 2.45) is 5.73 Å². The SMILES string of the molecule is COc1cc2c(c(OC)c1)C(O)C(N)C2. The molecule has 1 aliphatic rings. The van der Waals surface area contributed by atoms with Gasteiger partial charge in [0.25, 0.3) is 0 Å². The first-order chi connectivity index (χ1) is 7.17. The molecule has 4 nitrogen and oxygen atoms in total. The van der Waals surface area contributed by atoms with E-state index in [9.17, 15) is 5.11 Å². The highest BCUT2D eigenvalue weighted by Gasteiger charge is 2.31. The molecule has 0 aliphatic heterocycles. The fraction of sp³-hybridized carbons (Fsp3) is 0.455. The molecule has 1 aromatic rings. The van der Waals surface area contributed by atoms with Crippen LogP contribution in [0.5, 0.6) is 11.5 Å². The van der Waals surface area contributed by atoms with Gasteiger partial charge in [-0.2, -0.15) is 0 Å². The molecule has 3 N–H and O–H groups in total. The van der Waals surface area contributed by atoms with Crippen molar-refractivity contribution in [3.8, 4) is 11.5 Å². The van der Waals surface area contributed by atoms with Crippen molar-refractivity contribution in [3.05, 3.63) is 23.3 Å². The summed E-state index contributed by atoms with van der Waals surface area (Å²) in [6.07, 6.45) is 0.0187. The van der Waals surface area contributed by atoms with E-state index in [0.717, 1.165) is 16.9 Å². The normalized spacial score (nSPS) is 23.7. The number of rotatable bonds is 2. The monoisotopic (exact) mass is 209 g/mol. The van der Waals surface area contributed by atoms with Gasteiger partial charge in [0.2, 0.25) is 0 Å². The van der Waals surface area contributed by atoms with Gasteiger partial charge in [-0.25, -0.2) is 0 Å². The van der Waals surface area contributed by atoms with E-state index in [1.54, 1.807) is 20.3 Å². The average Bonchev–Trinajstić information content (AvgIpc) is 2.53. The first kappa shape index (κ1) is 10.3. The van der Waals surface area contributed by atoms with Gasteiger partial charge in [0.05, 0.1) is 20.3 Å². The Morgan fingerprint density at radius 2 is 2.07 bits per heavy atom. The lowest BCUT2D eigenvalue weighted by molar-refractivity contribution is 0.156. The van der Waals surface area contributed by atoms with Gasteiger partial charge in [-0.3, -0.25) is 0 Å². The van der Waals surface area contributed by atoms with Gasteiger partial charge >= 0.3 is 0 Å². The molecule has 0 bridgehead atoms. The Morgan fingerprint density at radius 3 is 2.67 bits per heavy atom. The molecular weight excluding hydrogens is 194 g/mol. The Balaban J connectivity index is 2.53. The summed E-state index contributed by atoms with van der Waals surface area (Å²) in [5.74, 6) is 1.37. The minimum Gasteiger partial charge on any atom is -0.497 e. The Bertz CT molecular complexity index is 378. The first-order valence-corrected chi connectivity index (χ1v) is 4.85. The van der Waals surface area contributed by atoms with Gasteiger partial charge in [0, 0.05) is 17.7 Å². The van der Waals surface area contributed by atoms with E-state index >= 15 is 0 Å². The number of nitrogens with two attached hydrogens (primary N) is 1. The molecule has 0 radical (unpaired) electrons. The summed E-state index contributed by atoms with van der Waals surface area (Å²) >= 11 is 0. The maximum atomic E-state index is 9.88. The summed E-state index contributed by atoms with van der Waals surface area (Å²) in [6.45, 7) is 0. The zero-order valence-electron chi connectivity index (χ0n) is 8.86. The quantitative estimate of drug-likeness (QED) is 0.749. The molecule has 2 unspecified atom stereocenters. The molecule has 15 heavy (non-hydrogen) atoms. The van der Waals surface area contributed by atoms with Crippen molar-refractivity contribution < 1.29 is 14.6 Å². The predicted octanol–water partition coefficient (Wildman–Crippen LogP) is 0.621. The van der Waals surface area contributed by atoms with Crippen LogP contribution >= 0.6 is 0 Å². The first-order valence-electron chi connectivity index (χ1n) is 4.85.